The number of rotatable bonds is 34. The first-order valence-corrected chi connectivity index (χ1v) is 21.8. The van der Waals surface area contributed by atoms with Crippen LogP contribution < -0.4 is 0 Å². The Kier molecular flexibility index (Phi) is 30.8. The molecule has 0 spiro atoms. The van der Waals surface area contributed by atoms with Crippen LogP contribution in [-0.4, -0.2) is 97.5 Å². The zero-order valence-corrected chi connectivity index (χ0v) is 33.8. The summed E-state index contributed by atoms with van der Waals surface area (Å²) in [6.07, 6.45) is 28.8. The summed E-state index contributed by atoms with van der Waals surface area (Å²) in [5.74, 6) is -0.420. The van der Waals surface area contributed by atoms with E-state index in [-0.39, 0.29) is 19.6 Å². The predicted molar refractivity (Wildman–Crippen MR) is 211 cm³/mol. The Morgan fingerprint density at radius 2 is 1.26 bits per heavy atom. The molecule has 1 saturated heterocycles. The Labute approximate surface area is 326 Å². The van der Waals surface area contributed by atoms with E-state index in [1.165, 1.54) is 57.8 Å². The lowest BCUT2D eigenvalue weighted by Crippen LogP contribution is -2.60. The second kappa shape index (κ2) is 33.2. The van der Waals surface area contributed by atoms with Gasteiger partial charge in [-0.15, -0.1) is 0 Å². The Balaban J connectivity index is 2.53. The molecule has 6 atom stereocenters. The van der Waals surface area contributed by atoms with Gasteiger partial charge in [-0.2, -0.15) is 8.42 Å². The molecule has 4 N–H and O–H groups in total. The fourth-order valence-electron chi connectivity index (χ4n) is 5.91. The second-order valence-electron chi connectivity index (χ2n) is 13.9. The van der Waals surface area contributed by atoms with Crippen LogP contribution in [0.3, 0.4) is 0 Å². The summed E-state index contributed by atoms with van der Waals surface area (Å²) in [5, 5.41) is 30.5. The summed E-state index contributed by atoms with van der Waals surface area (Å²) < 4.78 is 58.8. The third kappa shape index (κ3) is 26.8. The third-order valence-corrected chi connectivity index (χ3v) is 9.43. The van der Waals surface area contributed by atoms with Crippen LogP contribution >= 0.6 is 0 Å². The van der Waals surface area contributed by atoms with Gasteiger partial charge in [-0.3, -0.25) is 9.35 Å². The van der Waals surface area contributed by atoms with Crippen molar-refractivity contribution in [3.63, 3.8) is 0 Å². The molecule has 6 unspecified atom stereocenters. The molecule has 12 nitrogen and oxygen atoms in total. The Bertz CT molecular complexity index is 1140. The Morgan fingerprint density at radius 3 is 1.80 bits per heavy atom. The van der Waals surface area contributed by atoms with E-state index in [1.807, 2.05) is 0 Å². The highest BCUT2D eigenvalue weighted by Gasteiger charge is 2.48. The van der Waals surface area contributed by atoms with Crippen LogP contribution in [0.15, 0.2) is 48.6 Å². The molecular formula is C41H72O12S. The molecule has 0 aromatic heterocycles. The highest BCUT2D eigenvalue weighted by molar-refractivity contribution is 7.80. The van der Waals surface area contributed by atoms with Gasteiger partial charge in [0.15, 0.2) is 6.29 Å². The number of hydrogen-bond donors (Lipinski definition) is 4. The van der Waals surface area contributed by atoms with Gasteiger partial charge in [0.05, 0.1) is 19.8 Å². The summed E-state index contributed by atoms with van der Waals surface area (Å²) in [5.41, 5.74) is 0. The van der Waals surface area contributed by atoms with Gasteiger partial charge in [-0.05, 0) is 44.9 Å². The lowest BCUT2D eigenvalue weighted by atomic mass is 9.99. The van der Waals surface area contributed by atoms with E-state index in [4.69, 9.17) is 23.5 Å². The summed E-state index contributed by atoms with van der Waals surface area (Å²) in [4.78, 5) is 12.8. The number of hydrogen-bond acceptors (Lipinski definition) is 11. The van der Waals surface area contributed by atoms with Crippen molar-refractivity contribution in [2.45, 2.75) is 179 Å². The highest BCUT2D eigenvalue weighted by atomic mass is 32.3. The van der Waals surface area contributed by atoms with Gasteiger partial charge in [0.25, 0.3) is 0 Å². The highest BCUT2D eigenvalue weighted by Crippen LogP contribution is 2.26. The topological polar surface area (TPSA) is 178 Å². The number of aliphatic hydroxyl groups excluding tert-OH is 3. The van der Waals surface area contributed by atoms with Gasteiger partial charge in [-0.25, -0.2) is 4.18 Å². The standard InChI is InChI=1S/C41H72O12S/c1-3-5-7-9-11-13-15-17-19-21-23-25-27-29-31-49-33-35(34-50-41-39(45)40(53-54(46,47)48)38(44)36(32-42)52-41)51-37(43)30-28-26-24-22-20-18-16-14-12-10-8-6-4-2/h5,7,11,13,17,19,23,25,35-36,38-42,44-45H,3-4,6,8-10,12,14-16,18,20-22,24,26-34H2,1-2H3,(H,46,47,48)/b7-5-,13-11-,19-17-,25-23-. The number of esters is 1. The minimum absolute atomic E-state index is 0.00162. The zero-order chi connectivity index (χ0) is 39.7. The van der Waals surface area contributed by atoms with Gasteiger partial charge >= 0.3 is 16.4 Å². The summed E-state index contributed by atoms with van der Waals surface area (Å²) in [7, 11) is -5.06. The third-order valence-electron chi connectivity index (χ3n) is 8.97. The van der Waals surface area contributed by atoms with Crippen LogP contribution in [-0.2, 0) is 38.3 Å². The molecule has 1 fully saturated rings. The number of carbonyl (C=O) groups excluding carboxylic acids is 1. The molecule has 0 aromatic carbocycles. The molecule has 1 aliphatic heterocycles. The van der Waals surface area contributed by atoms with E-state index in [2.05, 4.69) is 66.6 Å². The molecule has 314 valence electrons. The monoisotopic (exact) mass is 788 g/mol. The molecule has 0 amide bonds. The van der Waals surface area contributed by atoms with Crippen LogP contribution in [0.4, 0.5) is 0 Å². The molecule has 54 heavy (non-hydrogen) atoms. The van der Waals surface area contributed by atoms with Gasteiger partial charge in [0, 0.05) is 13.0 Å². The lowest BCUT2D eigenvalue weighted by molar-refractivity contribution is -0.301. The van der Waals surface area contributed by atoms with Gasteiger partial charge in [-0.1, -0.05) is 140 Å². The minimum atomic E-state index is -5.06. The van der Waals surface area contributed by atoms with Crippen molar-refractivity contribution in [3.05, 3.63) is 48.6 Å². The van der Waals surface area contributed by atoms with E-state index >= 15 is 0 Å². The first-order valence-electron chi connectivity index (χ1n) is 20.4. The Morgan fingerprint density at radius 1 is 0.722 bits per heavy atom. The average molecular weight is 789 g/mol. The number of aliphatic hydroxyl groups is 3. The van der Waals surface area contributed by atoms with Crippen molar-refractivity contribution in [1.82, 2.24) is 0 Å². The van der Waals surface area contributed by atoms with Crippen LogP contribution in [0.25, 0.3) is 0 Å². The van der Waals surface area contributed by atoms with E-state index in [9.17, 15) is 28.5 Å². The number of ether oxygens (including phenoxy) is 4. The molecule has 13 heteroatoms. The largest absolute Gasteiger partial charge is 0.457 e. The fraction of sp³-hybridized carbons (Fsp3) is 0.780. The van der Waals surface area contributed by atoms with Crippen molar-refractivity contribution in [1.29, 1.82) is 0 Å². The second-order valence-corrected chi connectivity index (χ2v) is 14.9. The Hall–Kier alpha value is -1.94. The van der Waals surface area contributed by atoms with Crippen LogP contribution in [0, 0.1) is 0 Å². The SMILES string of the molecule is CC/C=C\C/C=C\C/C=C\C/C=C\CCCOCC(COC1OC(CO)C(O)C(OS(=O)(=O)O)C1O)OC(=O)CCCCCCCCCCCCCCC. The molecule has 1 rings (SSSR count). The smallest absolute Gasteiger partial charge is 0.397 e. The number of carbonyl (C=O) groups is 1. The molecule has 1 aliphatic rings. The number of allylic oxidation sites excluding steroid dienone is 8. The summed E-state index contributed by atoms with van der Waals surface area (Å²) in [6, 6.07) is 0. The maximum atomic E-state index is 12.8. The van der Waals surface area contributed by atoms with Crippen LogP contribution in [0.5, 0.6) is 0 Å². The van der Waals surface area contributed by atoms with E-state index in [0.717, 1.165) is 57.8 Å². The quantitative estimate of drug-likeness (QED) is 0.0217. The number of unbranched alkanes of at least 4 members (excludes halogenated alkanes) is 13. The molecule has 0 saturated carbocycles. The van der Waals surface area contributed by atoms with Crippen LogP contribution in [0.1, 0.15) is 142 Å². The van der Waals surface area contributed by atoms with Gasteiger partial charge in [0.1, 0.15) is 30.5 Å². The predicted octanol–water partition coefficient (Wildman–Crippen LogP) is 7.63. The molecule has 1 heterocycles. The van der Waals surface area contributed by atoms with Crippen molar-refractivity contribution in [2.24, 2.45) is 0 Å². The molecular weight excluding hydrogens is 717 g/mol. The average Bonchev–Trinajstić information content (AvgIpc) is 3.14. The van der Waals surface area contributed by atoms with E-state index in [1.54, 1.807) is 0 Å². The van der Waals surface area contributed by atoms with E-state index in [0.29, 0.717) is 13.0 Å². The first kappa shape index (κ1) is 50.1. The normalized spacial score (nSPS) is 21.6. The summed E-state index contributed by atoms with van der Waals surface area (Å²) in [6.45, 7) is 3.71. The fourth-order valence-corrected chi connectivity index (χ4v) is 6.42. The lowest BCUT2D eigenvalue weighted by Gasteiger charge is -2.41. The maximum absolute atomic E-state index is 12.8. The maximum Gasteiger partial charge on any atom is 0.397 e. The molecule has 0 aliphatic carbocycles. The molecule has 0 radical (unpaired) electrons. The zero-order valence-electron chi connectivity index (χ0n) is 33.0. The van der Waals surface area contributed by atoms with Crippen molar-refractivity contribution < 1.29 is 56.2 Å². The van der Waals surface area contributed by atoms with Crippen LogP contribution in [0.2, 0.25) is 0 Å². The first-order chi connectivity index (χ1) is 26.1. The summed E-state index contributed by atoms with van der Waals surface area (Å²) >= 11 is 0. The molecule has 0 aromatic rings. The van der Waals surface area contributed by atoms with E-state index < -0.39 is 59.8 Å². The van der Waals surface area contributed by atoms with Crippen molar-refractivity contribution in [3.8, 4) is 0 Å². The van der Waals surface area contributed by atoms with Crippen molar-refractivity contribution in [2.75, 3.05) is 26.4 Å². The van der Waals surface area contributed by atoms with Gasteiger partial charge < -0.3 is 34.3 Å². The van der Waals surface area contributed by atoms with Crippen molar-refractivity contribution >= 4 is 16.4 Å². The minimum Gasteiger partial charge on any atom is -0.457 e. The van der Waals surface area contributed by atoms with Gasteiger partial charge in [0.2, 0.25) is 0 Å². The molecule has 0 bridgehead atoms.